The Morgan fingerprint density at radius 3 is 2.15 bits per heavy atom. The van der Waals surface area contributed by atoms with E-state index in [-0.39, 0.29) is 23.7 Å². The molecule has 0 spiro atoms. The van der Waals surface area contributed by atoms with E-state index in [1.54, 1.807) is 24.3 Å². The van der Waals surface area contributed by atoms with Crippen molar-refractivity contribution < 1.29 is 23.2 Å². The molecule has 0 saturated heterocycles. The van der Waals surface area contributed by atoms with Crippen LogP contribution in [0.25, 0.3) is 0 Å². The number of sulfonamides is 1. The normalized spacial score (nSPS) is 11.5. The van der Waals surface area contributed by atoms with Crippen LogP contribution < -0.4 is 5.11 Å². The number of carbonyl (C=O) groups is 1. The first-order chi connectivity index (χ1) is 12.2. The maximum atomic E-state index is 12.8. The molecule has 0 amide bonds. The molecular formula is C16H14ClN2O6S-. The molecular weight excluding hydrogens is 384 g/mol. The number of nitrogens with zero attached hydrogens (tertiary/aromatic N) is 2. The van der Waals surface area contributed by atoms with Crippen LogP contribution in [0.2, 0.25) is 5.02 Å². The van der Waals surface area contributed by atoms with Crippen LogP contribution in [0, 0.1) is 10.1 Å². The fourth-order valence-corrected chi connectivity index (χ4v) is 3.74. The summed E-state index contributed by atoms with van der Waals surface area (Å²) in [6.45, 7) is -0.381. The summed E-state index contributed by atoms with van der Waals surface area (Å²) in [5.74, 6) is -1.38. The molecule has 0 bridgehead atoms. The first kappa shape index (κ1) is 19.8. The third kappa shape index (κ3) is 5.01. The van der Waals surface area contributed by atoms with E-state index in [0.717, 1.165) is 28.6 Å². The molecule has 0 fully saturated rings. The predicted octanol–water partition coefficient (Wildman–Crippen LogP) is 1.58. The number of aliphatic carboxylic acids is 1. The van der Waals surface area contributed by atoms with E-state index in [4.69, 9.17) is 11.6 Å². The Balaban J connectivity index is 2.33. The molecule has 0 atom stereocenters. The van der Waals surface area contributed by atoms with Gasteiger partial charge in [-0.15, -0.1) is 0 Å². The highest BCUT2D eigenvalue weighted by molar-refractivity contribution is 7.89. The molecule has 26 heavy (non-hydrogen) atoms. The third-order valence-electron chi connectivity index (χ3n) is 3.52. The maximum absolute atomic E-state index is 12.8. The van der Waals surface area contributed by atoms with E-state index in [2.05, 4.69) is 0 Å². The number of hydrogen-bond acceptors (Lipinski definition) is 6. The van der Waals surface area contributed by atoms with Crippen LogP contribution in [0.4, 0.5) is 5.69 Å². The molecule has 2 aromatic rings. The van der Waals surface area contributed by atoms with Gasteiger partial charge in [0.2, 0.25) is 10.0 Å². The molecule has 0 aliphatic heterocycles. The first-order valence-electron chi connectivity index (χ1n) is 7.39. The van der Waals surface area contributed by atoms with Crippen molar-refractivity contribution in [3.05, 3.63) is 69.2 Å². The molecule has 0 N–H and O–H groups in total. The van der Waals surface area contributed by atoms with Gasteiger partial charge in [0.25, 0.3) is 5.69 Å². The second-order valence-electron chi connectivity index (χ2n) is 5.34. The zero-order valence-corrected chi connectivity index (χ0v) is 14.9. The zero-order valence-electron chi connectivity index (χ0n) is 13.4. The Morgan fingerprint density at radius 1 is 1.08 bits per heavy atom. The van der Waals surface area contributed by atoms with Crippen molar-refractivity contribution in [2.45, 2.75) is 17.9 Å². The molecule has 0 saturated carbocycles. The molecule has 0 aromatic heterocycles. The molecule has 0 radical (unpaired) electrons. The lowest BCUT2D eigenvalue weighted by atomic mass is 10.2. The van der Waals surface area contributed by atoms with Crippen molar-refractivity contribution in [3.63, 3.8) is 0 Å². The number of carboxylic acid groups (broad SMARTS) is 1. The summed E-state index contributed by atoms with van der Waals surface area (Å²) in [5, 5.41) is 21.9. The Bertz CT molecular complexity index is 897. The smallest absolute Gasteiger partial charge is 0.269 e. The van der Waals surface area contributed by atoms with Gasteiger partial charge in [0, 0.05) is 42.6 Å². The van der Waals surface area contributed by atoms with Crippen molar-refractivity contribution in [1.82, 2.24) is 4.31 Å². The molecule has 0 aliphatic rings. The number of rotatable bonds is 8. The maximum Gasteiger partial charge on any atom is 0.269 e. The largest absolute Gasteiger partial charge is 0.550 e. The van der Waals surface area contributed by atoms with Gasteiger partial charge in [-0.1, -0.05) is 23.7 Å². The van der Waals surface area contributed by atoms with Crippen LogP contribution in [0.5, 0.6) is 0 Å². The van der Waals surface area contributed by atoms with Crippen LogP contribution in [-0.4, -0.2) is 30.2 Å². The minimum atomic E-state index is -4.06. The molecule has 0 heterocycles. The monoisotopic (exact) mass is 397 g/mol. The Labute approximate surface area is 154 Å². The second kappa shape index (κ2) is 8.26. The van der Waals surface area contributed by atoms with Gasteiger partial charge in [-0.25, -0.2) is 8.42 Å². The van der Waals surface area contributed by atoms with E-state index in [1.807, 2.05) is 0 Å². The highest BCUT2D eigenvalue weighted by atomic mass is 35.5. The Kier molecular flexibility index (Phi) is 6.30. The summed E-state index contributed by atoms with van der Waals surface area (Å²) >= 11 is 5.80. The van der Waals surface area contributed by atoms with E-state index < -0.39 is 27.3 Å². The quantitative estimate of drug-likeness (QED) is 0.492. The topological polar surface area (TPSA) is 121 Å². The fraction of sp³-hybridized carbons (Fsp3) is 0.188. The summed E-state index contributed by atoms with van der Waals surface area (Å²) < 4.78 is 26.6. The van der Waals surface area contributed by atoms with Gasteiger partial charge in [0.05, 0.1) is 9.82 Å². The summed E-state index contributed by atoms with van der Waals surface area (Å²) in [7, 11) is -4.06. The summed E-state index contributed by atoms with van der Waals surface area (Å²) in [4.78, 5) is 20.7. The summed E-state index contributed by atoms with van der Waals surface area (Å²) in [6, 6.07) is 10.8. The number of nitro groups is 1. The molecule has 2 rings (SSSR count). The molecule has 8 nitrogen and oxygen atoms in total. The molecule has 2 aromatic carbocycles. The first-order valence-corrected chi connectivity index (χ1v) is 9.21. The minimum absolute atomic E-state index is 0.0796. The minimum Gasteiger partial charge on any atom is -0.550 e. The number of benzene rings is 2. The molecule has 0 aliphatic carbocycles. The number of hydrogen-bond donors (Lipinski definition) is 0. The van der Waals surface area contributed by atoms with Gasteiger partial charge in [0.1, 0.15) is 0 Å². The van der Waals surface area contributed by atoms with Crippen molar-refractivity contribution in [1.29, 1.82) is 0 Å². The van der Waals surface area contributed by atoms with Crippen LogP contribution in [-0.2, 0) is 21.4 Å². The highest BCUT2D eigenvalue weighted by Crippen LogP contribution is 2.22. The Hall–Kier alpha value is -2.49. The number of nitro benzene ring substituents is 1. The van der Waals surface area contributed by atoms with Crippen molar-refractivity contribution in [2.75, 3.05) is 6.54 Å². The summed E-state index contributed by atoms with van der Waals surface area (Å²) in [6.07, 6.45) is -0.486. The van der Waals surface area contributed by atoms with Crippen molar-refractivity contribution in [3.8, 4) is 0 Å². The lowest BCUT2D eigenvalue weighted by Crippen LogP contribution is -2.35. The van der Waals surface area contributed by atoms with Gasteiger partial charge in [-0.05, 0) is 29.8 Å². The number of carboxylic acids is 1. The fourth-order valence-electron chi connectivity index (χ4n) is 2.18. The number of non-ortho nitro benzene ring substituents is 1. The SMILES string of the molecule is O=C([O-])CCN(Cc1ccc(Cl)cc1)S(=O)(=O)c1ccc([N+](=O)[O-])cc1. The molecule has 138 valence electrons. The number of halogens is 1. The van der Waals surface area contributed by atoms with Gasteiger partial charge in [-0.2, -0.15) is 4.31 Å². The van der Waals surface area contributed by atoms with Gasteiger partial charge >= 0.3 is 0 Å². The standard InChI is InChI=1S/C16H15ClN2O6S/c17-13-3-1-12(2-4-13)11-18(10-9-16(20)21)26(24,25)15-7-5-14(6-8-15)19(22)23/h1-8H,9-11H2,(H,20,21)/p-1. The highest BCUT2D eigenvalue weighted by Gasteiger charge is 2.25. The van der Waals surface area contributed by atoms with E-state index in [1.165, 1.54) is 0 Å². The van der Waals surface area contributed by atoms with Gasteiger partial charge in [-0.3, -0.25) is 10.1 Å². The van der Waals surface area contributed by atoms with E-state index >= 15 is 0 Å². The average molecular weight is 398 g/mol. The van der Waals surface area contributed by atoms with E-state index in [0.29, 0.717) is 10.6 Å². The van der Waals surface area contributed by atoms with Gasteiger partial charge in [0.15, 0.2) is 0 Å². The lowest BCUT2D eigenvalue weighted by Gasteiger charge is -2.22. The van der Waals surface area contributed by atoms with Gasteiger partial charge < -0.3 is 9.90 Å². The van der Waals surface area contributed by atoms with Crippen molar-refractivity contribution >= 4 is 33.3 Å². The van der Waals surface area contributed by atoms with Crippen LogP contribution in [0.1, 0.15) is 12.0 Å². The second-order valence-corrected chi connectivity index (χ2v) is 7.71. The predicted molar refractivity (Wildman–Crippen MR) is 91.8 cm³/mol. The molecule has 10 heteroatoms. The Morgan fingerprint density at radius 2 is 1.65 bits per heavy atom. The zero-order chi connectivity index (χ0) is 19.3. The average Bonchev–Trinajstić information content (AvgIpc) is 2.60. The number of carbonyl (C=O) groups excluding carboxylic acids is 1. The molecule has 0 unspecified atom stereocenters. The lowest BCUT2D eigenvalue weighted by molar-refractivity contribution is -0.384. The van der Waals surface area contributed by atoms with E-state index in [9.17, 15) is 28.4 Å². The third-order valence-corrected chi connectivity index (χ3v) is 5.63. The van der Waals surface area contributed by atoms with Crippen LogP contribution in [0.3, 0.4) is 0 Å². The van der Waals surface area contributed by atoms with Crippen molar-refractivity contribution in [2.24, 2.45) is 0 Å². The van der Waals surface area contributed by atoms with Crippen LogP contribution in [0.15, 0.2) is 53.4 Å². The summed E-state index contributed by atoms with van der Waals surface area (Å²) in [5.41, 5.74) is 0.362. The van der Waals surface area contributed by atoms with Crippen LogP contribution >= 0.6 is 11.6 Å².